The molecule has 13 heteroatoms. The zero-order valence-electron chi connectivity index (χ0n) is 11.6. The van der Waals surface area contributed by atoms with E-state index in [1.54, 1.807) is 0 Å². The second kappa shape index (κ2) is 7.04. The lowest BCUT2D eigenvalue weighted by Gasteiger charge is -2.08. The van der Waals surface area contributed by atoms with Crippen LogP contribution in [0.5, 0.6) is 0 Å². The lowest BCUT2D eigenvalue weighted by molar-refractivity contribution is -0.385. The molecule has 0 bridgehead atoms. The average Bonchev–Trinajstić information content (AvgIpc) is 2.81. The number of halogens is 3. The highest BCUT2D eigenvalue weighted by molar-refractivity contribution is 6.01. The van der Waals surface area contributed by atoms with E-state index in [1.807, 2.05) is 0 Å². The third-order valence-electron chi connectivity index (χ3n) is 2.44. The van der Waals surface area contributed by atoms with Gasteiger partial charge in [0.15, 0.2) is 0 Å². The van der Waals surface area contributed by atoms with Gasteiger partial charge in [0.2, 0.25) is 11.4 Å². The fourth-order valence-electron chi connectivity index (χ4n) is 1.60. The molecule has 0 radical (unpaired) electrons. The van der Waals surface area contributed by atoms with Crippen molar-refractivity contribution in [3.63, 3.8) is 0 Å². The fraction of sp³-hybridized carbons (Fsp3) is 0.500. The molecule has 1 aromatic heterocycles. The number of amides is 1. The number of rotatable bonds is 7. The van der Waals surface area contributed by atoms with Gasteiger partial charge in [-0.1, -0.05) is 0 Å². The van der Waals surface area contributed by atoms with Crippen LogP contribution in [0.1, 0.15) is 21.0 Å². The summed E-state index contributed by atoms with van der Waals surface area (Å²) in [7, 11) is 0.932. The molecular weight excluding hydrogens is 329 g/mol. The van der Waals surface area contributed by atoms with Crippen LogP contribution < -0.4 is 5.73 Å². The Morgan fingerprint density at radius 3 is 2.48 bits per heavy atom. The molecule has 0 aromatic carbocycles. The quantitative estimate of drug-likeness (QED) is 0.325. The van der Waals surface area contributed by atoms with E-state index < -0.39 is 59.8 Å². The van der Waals surface area contributed by atoms with Gasteiger partial charge in [0.05, 0.1) is 25.2 Å². The van der Waals surface area contributed by atoms with Gasteiger partial charge in [-0.15, -0.1) is 0 Å². The van der Waals surface area contributed by atoms with Crippen molar-refractivity contribution in [1.82, 2.24) is 9.78 Å². The molecule has 0 saturated heterocycles. The minimum absolute atomic E-state index is 0.466. The Morgan fingerprint density at radius 2 is 2.04 bits per heavy atom. The summed E-state index contributed by atoms with van der Waals surface area (Å²) >= 11 is 0. The summed E-state index contributed by atoms with van der Waals surface area (Å²) in [5, 5.41) is 14.5. The number of carbonyl (C=O) groups excluding carboxylic acids is 2. The molecular formula is C10H11F3N4O6. The standard InChI is InChI=1S/C10H11F3N4O6/c1-22-9(19)5-6(17(20)21)7(8(14)18)16(15-5)2-3-23-4-10(11,12)13/h2-4H2,1H3,(H2,14,18). The van der Waals surface area contributed by atoms with Crippen molar-refractivity contribution in [3.05, 3.63) is 21.5 Å². The van der Waals surface area contributed by atoms with Crippen LogP contribution >= 0.6 is 0 Å². The molecule has 0 atom stereocenters. The largest absolute Gasteiger partial charge is 0.464 e. The number of carbonyl (C=O) groups is 2. The summed E-state index contributed by atoms with van der Waals surface area (Å²) in [6.45, 7) is -2.59. The van der Waals surface area contributed by atoms with Crippen LogP contribution in [-0.4, -0.2) is 53.1 Å². The maximum absolute atomic E-state index is 11.9. The van der Waals surface area contributed by atoms with Gasteiger partial charge in [0, 0.05) is 0 Å². The molecule has 1 rings (SSSR count). The molecule has 0 fully saturated rings. The van der Waals surface area contributed by atoms with Gasteiger partial charge in [0.1, 0.15) is 6.61 Å². The van der Waals surface area contributed by atoms with E-state index in [9.17, 15) is 32.9 Å². The SMILES string of the molecule is COC(=O)c1nn(CCOCC(F)(F)F)c(C(N)=O)c1[N+](=O)[O-]. The van der Waals surface area contributed by atoms with Gasteiger partial charge in [-0.2, -0.15) is 18.3 Å². The second-order valence-corrected chi connectivity index (χ2v) is 4.05. The normalized spacial score (nSPS) is 11.3. The number of esters is 1. The Labute approximate surface area is 126 Å². The molecule has 0 unspecified atom stereocenters. The smallest absolute Gasteiger partial charge is 0.411 e. The highest BCUT2D eigenvalue weighted by Crippen LogP contribution is 2.24. The van der Waals surface area contributed by atoms with Crippen LogP contribution in [0.3, 0.4) is 0 Å². The maximum atomic E-state index is 11.9. The molecule has 0 aliphatic carbocycles. The number of hydrogen-bond acceptors (Lipinski definition) is 7. The highest BCUT2D eigenvalue weighted by Gasteiger charge is 2.35. The summed E-state index contributed by atoms with van der Waals surface area (Å²) in [4.78, 5) is 32.7. The van der Waals surface area contributed by atoms with E-state index in [1.165, 1.54) is 0 Å². The number of methoxy groups -OCH3 is 1. The molecule has 0 aliphatic heterocycles. The second-order valence-electron chi connectivity index (χ2n) is 4.05. The van der Waals surface area contributed by atoms with Crippen molar-refractivity contribution < 1.29 is 37.2 Å². The van der Waals surface area contributed by atoms with Crippen LogP contribution in [0.2, 0.25) is 0 Å². The summed E-state index contributed by atoms with van der Waals surface area (Å²) in [5.41, 5.74) is 2.48. The summed E-state index contributed by atoms with van der Waals surface area (Å²) in [5.74, 6) is -2.48. The number of nitro groups is 1. The number of nitrogens with zero attached hydrogens (tertiary/aromatic N) is 3. The van der Waals surface area contributed by atoms with E-state index in [-0.39, 0.29) is 0 Å². The van der Waals surface area contributed by atoms with Crippen LogP contribution in [-0.2, 0) is 16.0 Å². The Hall–Kier alpha value is -2.70. The minimum atomic E-state index is -4.56. The molecule has 0 saturated carbocycles. The van der Waals surface area contributed by atoms with Gasteiger partial charge in [0.25, 0.3) is 5.91 Å². The van der Waals surface area contributed by atoms with Gasteiger partial charge >= 0.3 is 17.8 Å². The Bertz CT molecular complexity index is 627. The van der Waals surface area contributed by atoms with Crippen molar-refractivity contribution in [3.8, 4) is 0 Å². The first kappa shape index (κ1) is 18.3. The van der Waals surface area contributed by atoms with E-state index >= 15 is 0 Å². The first-order valence-electron chi connectivity index (χ1n) is 5.86. The lowest BCUT2D eigenvalue weighted by atomic mass is 10.2. The third-order valence-corrected chi connectivity index (χ3v) is 2.44. The average molecular weight is 340 g/mol. The number of nitrogens with two attached hydrogens (primary N) is 1. The molecule has 128 valence electrons. The molecule has 10 nitrogen and oxygen atoms in total. The molecule has 1 heterocycles. The first-order chi connectivity index (χ1) is 10.6. The Balaban J connectivity index is 3.09. The molecule has 0 spiro atoms. The number of alkyl halides is 3. The first-order valence-corrected chi connectivity index (χ1v) is 5.86. The van der Waals surface area contributed by atoms with E-state index in [0.717, 1.165) is 7.11 Å². The topological polar surface area (TPSA) is 140 Å². The summed E-state index contributed by atoms with van der Waals surface area (Å²) < 4.78 is 45.1. The van der Waals surface area contributed by atoms with Crippen molar-refractivity contribution in [2.75, 3.05) is 20.3 Å². The Kier molecular flexibility index (Phi) is 5.62. The van der Waals surface area contributed by atoms with Gasteiger partial charge < -0.3 is 15.2 Å². The molecule has 23 heavy (non-hydrogen) atoms. The minimum Gasteiger partial charge on any atom is -0.464 e. The van der Waals surface area contributed by atoms with E-state index in [2.05, 4.69) is 14.6 Å². The Morgan fingerprint density at radius 1 is 1.43 bits per heavy atom. The van der Waals surface area contributed by atoms with Crippen molar-refractivity contribution >= 4 is 17.6 Å². The monoisotopic (exact) mass is 340 g/mol. The predicted molar refractivity (Wildman–Crippen MR) is 65.6 cm³/mol. The molecule has 0 aliphatic rings. The number of aromatic nitrogens is 2. The summed E-state index contributed by atoms with van der Waals surface area (Å²) in [6, 6.07) is 0. The highest BCUT2D eigenvalue weighted by atomic mass is 19.4. The van der Waals surface area contributed by atoms with Crippen LogP contribution in [0.4, 0.5) is 18.9 Å². The lowest BCUT2D eigenvalue weighted by Crippen LogP contribution is -2.22. The number of hydrogen-bond donors (Lipinski definition) is 1. The van der Waals surface area contributed by atoms with Crippen molar-refractivity contribution in [2.45, 2.75) is 12.7 Å². The molecule has 1 amide bonds. The van der Waals surface area contributed by atoms with Gasteiger partial charge in [-0.3, -0.25) is 19.6 Å². The third kappa shape index (κ3) is 4.64. The van der Waals surface area contributed by atoms with Crippen LogP contribution in [0, 0.1) is 10.1 Å². The maximum Gasteiger partial charge on any atom is 0.411 e. The van der Waals surface area contributed by atoms with Crippen LogP contribution in [0.25, 0.3) is 0 Å². The van der Waals surface area contributed by atoms with Crippen LogP contribution in [0.15, 0.2) is 0 Å². The number of ether oxygens (including phenoxy) is 2. The zero-order valence-corrected chi connectivity index (χ0v) is 11.6. The summed E-state index contributed by atoms with van der Waals surface area (Å²) in [6.07, 6.45) is -4.56. The van der Waals surface area contributed by atoms with Gasteiger partial charge in [-0.05, 0) is 0 Å². The van der Waals surface area contributed by atoms with Gasteiger partial charge in [-0.25, -0.2) is 4.79 Å². The zero-order chi connectivity index (χ0) is 17.8. The van der Waals surface area contributed by atoms with E-state index in [0.29, 0.717) is 4.68 Å². The fourth-order valence-corrected chi connectivity index (χ4v) is 1.60. The van der Waals surface area contributed by atoms with Crippen molar-refractivity contribution in [2.24, 2.45) is 5.73 Å². The molecule has 1 aromatic rings. The van der Waals surface area contributed by atoms with E-state index in [4.69, 9.17) is 5.73 Å². The predicted octanol–water partition coefficient (Wildman–Crippen LogP) is 0.256. The van der Waals surface area contributed by atoms with Crippen molar-refractivity contribution in [1.29, 1.82) is 0 Å². The molecule has 2 N–H and O–H groups in total. The number of primary amides is 1.